The van der Waals surface area contributed by atoms with Crippen LogP contribution in [0.2, 0.25) is 5.02 Å². The van der Waals surface area contributed by atoms with E-state index in [2.05, 4.69) is 25.8 Å². The van der Waals surface area contributed by atoms with Crippen LogP contribution in [0.1, 0.15) is 10.3 Å². The summed E-state index contributed by atoms with van der Waals surface area (Å²) >= 11 is 10.4. The molecule has 0 bridgehead atoms. The van der Waals surface area contributed by atoms with Crippen LogP contribution in [-0.4, -0.2) is 59.1 Å². The molecule has 0 amide bonds. The number of nitrogens with zero attached hydrogens (tertiary/aromatic N) is 1. The zero-order valence-electron chi connectivity index (χ0n) is 15.4. The Hall–Kier alpha value is -0.540. The second-order valence-corrected chi connectivity index (χ2v) is 8.38. The molecule has 0 aromatic carbocycles. The van der Waals surface area contributed by atoms with E-state index < -0.39 is 57.2 Å². The lowest BCUT2D eigenvalue weighted by Crippen LogP contribution is -2.43. The van der Waals surface area contributed by atoms with Gasteiger partial charge in [0.15, 0.2) is 6.20 Å². The van der Waals surface area contributed by atoms with Crippen molar-refractivity contribution in [1.29, 1.82) is 0 Å². The summed E-state index contributed by atoms with van der Waals surface area (Å²) < 4.78 is 71.8. The van der Waals surface area contributed by atoms with E-state index >= 15 is 4.39 Å². The molecule has 0 spiro atoms. The van der Waals surface area contributed by atoms with E-state index in [9.17, 15) is 29.0 Å². The SMILES string of the molecule is [2H]C([2H])(OP(=O)(O)OP(=O)(O)O)[C@@]1(F)O[C@@]([2H])(n2cc(Cl)c(=S)[nH]c2=O)[C@H](O)[C@@H]1O. The van der Waals surface area contributed by atoms with Gasteiger partial charge < -0.3 is 29.6 Å². The van der Waals surface area contributed by atoms with Crippen LogP contribution in [-0.2, 0) is 22.7 Å². The zero-order chi connectivity index (χ0) is 23.5. The molecule has 0 aliphatic carbocycles. The molecule has 2 rings (SSSR count). The van der Waals surface area contributed by atoms with E-state index in [-0.39, 0.29) is 9.21 Å². The Morgan fingerprint density at radius 1 is 1.52 bits per heavy atom. The number of H-pyrrole nitrogens is 1. The van der Waals surface area contributed by atoms with Crippen molar-refractivity contribution in [1.82, 2.24) is 9.55 Å². The largest absolute Gasteiger partial charge is 0.481 e. The van der Waals surface area contributed by atoms with Gasteiger partial charge in [-0.05, 0) is 0 Å². The molecule has 5 atom stereocenters. The minimum Gasteiger partial charge on any atom is -0.385 e. The third-order valence-electron chi connectivity index (χ3n) is 2.83. The lowest BCUT2D eigenvalue weighted by atomic mass is 10.1. The predicted octanol–water partition coefficient (Wildman–Crippen LogP) is -0.298. The maximum Gasteiger partial charge on any atom is 0.481 e. The Morgan fingerprint density at radius 3 is 2.67 bits per heavy atom. The highest BCUT2D eigenvalue weighted by Crippen LogP contribution is 2.58. The highest BCUT2D eigenvalue weighted by molar-refractivity contribution is 7.71. The normalized spacial score (nSPS) is 35.9. The third-order valence-corrected chi connectivity index (χ3v) is 5.55. The van der Waals surface area contributed by atoms with E-state index in [1.165, 1.54) is 0 Å². The number of halogens is 2. The Morgan fingerprint density at radius 2 is 2.11 bits per heavy atom. The van der Waals surface area contributed by atoms with Crippen LogP contribution in [0.4, 0.5) is 4.39 Å². The number of hydrogen-bond donors (Lipinski definition) is 6. The smallest absolute Gasteiger partial charge is 0.385 e. The van der Waals surface area contributed by atoms with Crippen LogP contribution in [0.15, 0.2) is 11.0 Å². The number of aliphatic hydroxyl groups is 2. The molecule has 1 aliphatic heterocycles. The Bertz CT molecular complexity index is 1070. The van der Waals surface area contributed by atoms with Gasteiger partial charge in [0.1, 0.15) is 23.4 Å². The van der Waals surface area contributed by atoms with Gasteiger partial charge >= 0.3 is 21.3 Å². The fourth-order valence-corrected chi connectivity index (χ4v) is 3.50. The molecule has 0 radical (unpaired) electrons. The van der Waals surface area contributed by atoms with Gasteiger partial charge in [0.25, 0.3) is 5.85 Å². The molecule has 2 heterocycles. The van der Waals surface area contributed by atoms with Gasteiger partial charge in [-0.3, -0.25) is 14.1 Å². The molecule has 1 aromatic heterocycles. The van der Waals surface area contributed by atoms with Gasteiger partial charge in [0, 0.05) is 6.20 Å². The Kier molecular flexibility index (Phi) is 5.28. The van der Waals surface area contributed by atoms with Gasteiger partial charge in [0.05, 0.1) is 9.13 Å². The van der Waals surface area contributed by atoms with Crippen LogP contribution < -0.4 is 5.69 Å². The van der Waals surface area contributed by atoms with Gasteiger partial charge in [-0.15, -0.1) is 0 Å². The number of nitrogens with one attached hydrogen (secondary N) is 1. The number of rotatable bonds is 6. The average Bonchev–Trinajstić information content (AvgIpc) is 2.70. The second kappa shape index (κ2) is 7.71. The minimum atomic E-state index is -6.04. The molecule has 154 valence electrons. The Balaban J connectivity index is 2.51. The van der Waals surface area contributed by atoms with Gasteiger partial charge in [-0.25, -0.2) is 18.3 Å². The number of alkyl halides is 1. The molecular formula is C9H12ClFN2O11P2S. The maximum absolute atomic E-state index is 15.3. The number of hydrogen-bond acceptors (Lipinski definition) is 9. The molecule has 6 N–H and O–H groups in total. The van der Waals surface area contributed by atoms with Crippen LogP contribution in [0.5, 0.6) is 0 Å². The number of phosphoric ester groups is 1. The fraction of sp³-hybridized carbons (Fsp3) is 0.556. The summed E-state index contributed by atoms with van der Waals surface area (Å²) in [7, 11) is -11.8. The predicted molar refractivity (Wildman–Crippen MR) is 85.8 cm³/mol. The van der Waals surface area contributed by atoms with Crippen molar-refractivity contribution >= 4 is 39.5 Å². The molecule has 13 nitrogen and oxygen atoms in total. The molecule has 1 aromatic rings. The van der Waals surface area contributed by atoms with Crippen molar-refractivity contribution in [2.75, 3.05) is 6.56 Å². The molecule has 27 heavy (non-hydrogen) atoms. The molecule has 1 aliphatic rings. The van der Waals surface area contributed by atoms with Gasteiger partial charge in [-0.1, -0.05) is 23.8 Å². The van der Waals surface area contributed by atoms with E-state index in [1.54, 1.807) is 0 Å². The summed E-state index contributed by atoms with van der Waals surface area (Å²) in [5, 5.41) is 19.6. The first kappa shape index (κ1) is 18.5. The summed E-state index contributed by atoms with van der Waals surface area (Å²) in [6.45, 7) is -4.29. The fourth-order valence-electron chi connectivity index (χ4n) is 1.77. The first-order chi connectivity index (χ1) is 13.3. The van der Waals surface area contributed by atoms with Crippen LogP contribution >= 0.6 is 39.5 Å². The van der Waals surface area contributed by atoms with Crippen molar-refractivity contribution in [3.05, 3.63) is 26.3 Å². The highest BCUT2D eigenvalue weighted by Gasteiger charge is 2.57. The third kappa shape index (κ3) is 5.29. The van der Waals surface area contributed by atoms with Crippen molar-refractivity contribution < 1.29 is 56.1 Å². The molecule has 1 unspecified atom stereocenters. The van der Waals surface area contributed by atoms with Crippen molar-refractivity contribution in [3.63, 3.8) is 0 Å². The summed E-state index contributed by atoms with van der Waals surface area (Å²) in [6.07, 6.45) is -8.51. The van der Waals surface area contributed by atoms with E-state index in [0.29, 0.717) is 6.20 Å². The van der Waals surface area contributed by atoms with Gasteiger partial charge in [0.2, 0.25) is 0 Å². The first-order valence-corrected chi connectivity index (χ1v) is 10.1. The quantitative estimate of drug-likeness (QED) is 0.232. The Labute approximate surface area is 163 Å². The number of phosphoric acid groups is 2. The number of aromatic nitrogens is 2. The van der Waals surface area contributed by atoms with Crippen molar-refractivity contribution in [2.24, 2.45) is 0 Å². The lowest BCUT2D eigenvalue weighted by Gasteiger charge is -2.23. The average molecular weight is 476 g/mol. The number of aliphatic hydroxyl groups excluding tert-OH is 2. The van der Waals surface area contributed by atoms with Crippen molar-refractivity contribution in [3.8, 4) is 0 Å². The summed E-state index contributed by atoms with van der Waals surface area (Å²) in [5.74, 6) is -4.36. The summed E-state index contributed by atoms with van der Waals surface area (Å²) in [4.78, 5) is 40.3. The highest BCUT2D eigenvalue weighted by atomic mass is 35.5. The topological polar surface area (TPSA) is 201 Å². The zero-order valence-corrected chi connectivity index (χ0v) is 15.8. The van der Waals surface area contributed by atoms with E-state index in [1.807, 2.05) is 4.98 Å². The lowest BCUT2D eigenvalue weighted by molar-refractivity contribution is -0.204. The number of aromatic amines is 1. The van der Waals surface area contributed by atoms with E-state index in [0.717, 1.165) is 0 Å². The van der Waals surface area contributed by atoms with Crippen LogP contribution in [0.3, 0.4) is 0 Å². The maximum atomic E-state index is 15.3. The standard InChI is InChI=1S/C9H12ClFN2O11P2S/c10-3-1-13(8(16)12-6(3)27)7-4(14)5(15)9(11,23-7)2-22-26(20,21)24-25(17,18)19/h1,4-5,7,14-15H,2H2,(H,20,21)(H,12,16,27)(H2,17,18,19)/t4-,5+,7-,9-/m1/s1/i2D2,7D. The summed E-state index contributed by atoms with van der Waals surface area (Å²) in [6, 6.07) is 0. The molecule has 1 fully saturated rings. The monoisotopic (exact) mass is 475 g/mol. The van der Waals surface area contributed by atoms with E-state index in [4.69, 9.17) is 25.5 Å². The first-order valence-electron chi connectivity index (χ1n) is 7.83. The van der Waals surface area contributed by atoms with Crippen LogP contribution in [0, 0.1) is 4.64 Å². The van der Waals surface area contributed by atoms with Gasteiger partial charge in [-0.2, -0.15) is 4.31 Å². The van der Waals surface area contributed by atoms with Crippen molar-refractivity contribution in [2.45, 2.75) is 24.3 Å². The summed E-state index contributed by atoms with van der Waals surface area (Å²) in [5.41, 5.74) is -1.31. The minimum absolute atomic E-state index is 0.0983. The molecule has 0 saturated carbocycles. The number of ether oxygens (including phenoxy) is 1. The second-order valence-electron chi connectivity index (χ2n) is 4.82. The molecule has 1 saturated heterocycles. The van der Waals surface area contributed by atoms with Crippen LogP contribution in [0.25, 0.3) is 0 Å². The molecule has 18 heteroatoms. The molecular weight excluding hydrogens is 461 g/mol.